The van der Waals surface area contributed by atoms with Gasteiger partial charge in [-0.2, -0.15) is 5.26 Å². The van der Waals surface area contributed by atoms with Crippen LogP contribution in [0, 0.1) is 34.5 Å². The van der Waals surface area contributed by atoms with E-state index < -0.39 is 59.8 Å². The average molecular weight is 492 g/mol. The zero-order chi connectivity index (χ0) is 24.9. The lowest BCUT2D eigenvalue weighted by Crippen LogP contribution is -2.67. The number of carbonyl (C=O) groups excluding carboxylic acids is 1. The van der Waals surface area contributed by atoms with Gasteiger partial charge in [0, 0.05) is 6.04 Å². The molecule has 5 saturated carbocycles. The number of aliphatic hydroxyl groups excluding tert-OH is 3. The van der Waals surface area contributed by atoms with E-state index in [9.17, 15) is 35.3 Å². The Bertz CT molecular complexity index is 955. The zero-order valence-electron chi connectivity index (χ0n) is 19.4. The third kappa shape index (κ3) is 3.53. The highest BCUT2D eigenvalue weighted by molar-refractivity contribution is 5.84. The van der Waals surface area contributed by atoms with Crippen LogP contribution in [0.5, 0.6) is 0 Å². The fourth-order valence-corrected chi connectivity index (χ4v) is 8.46. The van der Waals surface area contributed by atoms with Crippen molar-refractivity contribution in [2.24, 2.45) is 28.9 Å². The second-order valence-corrected chi connectivity index (χ2v) is 12.0. The number of hydrogen-bond acceptors (Lipinski definition) is 9. The molecule has 1 amide bonds. The highest BCUT2D eigenvalue weighted by Gasteiger charge is 2.64. The standard InChI is InChI=1S/C24H33N3O8/c25-8-13-2-12-3-14(12)27(13)20(31)19(26)23-4-10-1-11(5-23)7-24(6-10,9-23)35-22-17(30)15(28)16(29)18(34-22)21(32)33/h10-19,22,28-30H,1-7,9,26H2,(H,32,33)/t10?,11?,12-,13+,14+,15-,16-,17+,18-,19+,22-,23?,24?/m0/s1. The molecule has 0 spiro atoms. The Balaban J connectivity index is 1.24. The third-order valence-electron chi connectivity index (χ3n) is 9.67. The molecule has 5 aliphatic carbocycles. The number of rotatable bonds is 5. The summed E-state index contributed by atoms with van der Waals surface area (Å²) in [6.45, 7) is 0. The van der Waals surface area contributed by atoms with Crippen LogP contribution in [0.25, 0.3) is 0 Å². The van der Waals surface area contributed by atoms with Crippen molar-refractivity contribution in [1.29, 1.82) is 5.26 Å². The van der Waals surface area contributed by atoms with E-state index in [1.165, 1.54) is 0 Å². The van der Waals surface area contributed by atoms with Gasteiger partial charge in [-0.1, -0.05) is 0 Å². The Morgan fingerprint density at radius 2 is 1.74 bits per heavy atom. The van der Waals surface area contributed by atoms with Gasteiger partial charge < -0.3 is 40.5 Å². The molecule has 11 nitrogen and oxygen atoms in total. The van der Waals surface area contributed by atoms with E-state index in [0.717, 1.165) is 25.7 Å². The second-order valence-electron chi connectivity index (χ2n) is 12.0. The number of piperidine rings is 1. The molecule has 0 aromatic heterocycles. The molecule has 2 saturated heterocycles. The minimum absolute atomic E-state index is 0.115. The van der Waals surface area contributed by atoms with Crippen molar-refractivity contribution in [3.05, 3.63) is 0 Å². The Morgan fingerprint density at radius 3 is 2.37 bits per heavy atom. The summed E-state index contributed by atoms with van der Waals surface area (Å²) < 4.78 is 11.7. The first-order valence-corrected chi connectivity index (χ1v) is 12.6. The summed E-state index contributed by atoms with van der Waals surface area (Å²) in [4.78, 5) is 26.9. The van der Waals surface area contributed by atoms with Crippen LogP contribution in [0.2, 0.25) is 0 Å². The average Bonchev–Trinajstić information content (AvgIpc) is 3.46. The monoisotopic (exact) mass is 491 g/mol. The first-order chi connectivity index (χ1) is 16.6. The number of amides is 1. The molecule has 0 aromatic carbocycles. The van der Waals surface area contributed by atoms with Crippen molar-refractivity contribution in [1.82, 2.24) is 4.90 Å². The molecule has 4 bridgehead atoms. The highest BCUT2D eigenvalue weighted by atomic mass is 16.7. The van der Waals surface area contributed by atoms with Gasteiger partial charge in [0.1, 0.15) is 24.4 Å². The number of aliphatic carboxylic acids is 1. The minimum Gasteiger partial charge on any atom is -0.479 e. The van der Waals surface area contributed by atoms with E-state index in [4.69, 9.17) is 15.2 Å². The summed E-state index contributed by atoms with van der Waals surface area (Å²) in [6.07, 6.45) is -2.28. The van der Waals surface area contributed by atoms with Crippen LogP contribution in [-0.4, -0.2) is 91.6 Å². The maximum Gasteiger partial charge on any atom is 0.335 e. The minimum atomic E-state index is -1.78. The van der Waals surface area contributed by atoms with Gasteiger partial charge in [0.15, 0.2) is 12.4 Å². The van der Waals surface area contributed by atoms with Crippen LogP contribution >= 0.6 is 0 Å². The highest BCUT2D eigenvalue weighted by Crippen LogP contribution is 2.64. The molecule has 192 valence electrons. The summed E-state index contributed by atoms with van der Waals surface area (Å²) in [5.74, 6) is -0.697. The van der Waals surface area contributed by atoms with E-state index >= 15 is 0 Å². The fourth-order valence-electron chi connectivity index (χ4n) is 8.46. The Morgan fingerprint density at radius 1 is 1.06 bits per heavy atom. The molecule has 35 heavy (non-hydrogen) atoms. The summed E-state index contributed by atoms with van der Waals surface area (Å²) in [7, 11) is 0. The van der Waals surface area contributed by atoms with E-state index in [2.05, 4.69) is 6.07 Å². The van der Waals surface area contributed by atoms with E-state index in [1.807, 2.05) is 0 Å². The number of carboxylic acids is 1. The van der Waals surface area contributed by atoms with Gasteiger partial charge in [-0.15, -0.1) is 0 Å². The first kappa shape index (κ1) is 23.6. The Kier molecular flexibility index (Phi) is 5.28. The topological polar surface area (TPSA) is 187 Å². The van der Waals surface area contributed by atoms with Gasteiger partial charge in [-0.05, 0) is 74.5 Å². The van der Waals surface area contributed by atoms with E-state index in [1.54, 1.807) is 4.90 Å². The van der Waals surface area contributed by atoms with Crippen LogP contribution in [-0.2, 0) is 19.1 Å². The van der Waals surface area contributed by atoms with Crippen molar-refractivity contribution in [2.45, 2.75) is 106 Å². The molecular weight excluding hydrogens is 458 g/mol. The predicted octanol–water partition coefficient (Wildman–Crippen LogP) is -0.926. The summed E-state index contributed by atoms with van der Waals surface area (Å²) in [6, 6.07) is 1.17. The van der Waals surface area contributed by atoms with Gasteiger partial charge in [0.05, 0.1) is 17.7 Å². The number of nitrogens with two attached hydrogens (primary N) is 1. The molecule has 7 aliphatic rings. The van der Waals surface area contributed by atoms with Gasteiger partial charge in [-0.3, -0.25) is 4.79 Å². The largest absolute Gasteiger partial charge is 0.479 e. The normalized spacial score (nSPS) is 52.6. The number of likely N-dealkylation sites (tertiary alicyclic amines) is 1. The Hall–Kier alpha value is -1.81. The van der Waals surface area contributed by atoms with Crippen LogP contribution in [0.1, 0.15) is 51.4 Å². The van der Waals surface area contributed by atoms with Crippen molar-refractivity contribution >= 4 is 11.9 Å². The van der Waals surface area contributed by atoms with Crippen LogP contribution in [0.3, 0.4) is 0 Å². The molecule has 11 atom stereocenters. The number of ether oxygens (including phenoxy) is 2. The van der Waals surface area contributed by atoms with Crippen molar-refractivity contribution in [3.63, 3.8) is 0 Å². The van der Waals surface area contributed by atoms with Gasteiger partial charge >= 0.3 is 5.97 Å². The number of fused-ring (bicyclic) bond motifs is 1. The molecule has 2 heterocycles. The van der Waals surface area contributed by atoms with Gasteiger partial charge in [-0.25, -0.2) is 4.79 Å². The number of carbonyl (C=O) groups is 2. The van der Waals surface area contributed by atoms with E-state index in [0.29, 0.717) is 31.6 Å². The van der Waals surface area contributed by atoms with Crippen LogP contribution < -0.4 is 5.73 Å². The smallest absolute Gasteiger partial charge is 0.335 e. The zero-order valence-corrected chi connectivity index (χ0v) is 19.4. The molecular formula is C24H33N3O8. The lowest BCUT2D eigenvalue weighted by Gasteiger charge is -2.63. The molecule has 7 rings (SSSR count). The lowest BCUT2D eigenvalue weighted by atomic mass is 9.46. The SMILES string of the molecule is N#C[C@H]1C[C@H]2C[C@H]2N1C(=O)[C@@H](N)C12CC3CC(CC(O[C@@H]4O[C@H](C(=O)O)[C@@H](O)[C@H](O)[C@H]4O)(C3)C1)C2. The third-order valence-corrected chi connectivity index (χ3v) is 9.67. The Labute approximate surface area is 202 Å². The van der Waals surface area contributed by atoms with Crippen LogP contribution in [0.15, 0.2) is 0 Å². The maximum absolute atomic E-state index is 13.6. The summed E-state index contributed by atoms with van der Waals surface area (Å²) in [5.41, 5.74) is 5.43. The van der Waals surface area contributed by atoms with Gasteiger partial charge in [0.2, 0.25) is 5.91 Å². The molecule has 0 radical (unpaired) electrons. The number of nitriles is 1. The molecule has 7 fully saturated rings. The summed E-state index contributed by atoms with van der Waals surface area (Å²) >= 11 is 0. The maximum atomic E-state index is 13.6. The lowest BCUT2D eigenvalue weighted by molar-refractivity contribution is -0.341. The number of nitrogens with zero attached hydrogens (tertiary/aromatic N) is 2. The molecule has 11 heteroatoms. The van der Waals surface area contributed by atoms with Gasteiger partial charge in [0.25, 0.3) is 0 Å². The predicted molar refractivity (Wildman–Crippen MR) is 116 cm³/mol. The molecule has 0 aromatic rings. The fraction of sp³-hybridized carbons (Fsp3) is 0.875. The first-order valence-electron chi connectivity index (χ1n) is 12.6. The quantitative estimate of drug-likeness (QED) is 0.322. The number of aliphatic hydroxyl groups is 3. The number of hydrogen-bond donors (Lipinski definition) is 5. The van der Waals surface area contributed by atoms with Crippen LogP contribution in [0.4, 0.5) is 0 Å². The van der Waals surface area contributed by atoms with Crippen molar-refractivity contribution in [2.75, 3.05) is 0 Å². The van der Waals surface area contributed by atoms with Crippen molar-refractivity contribution in [3.8, 4) is 6.07 Å². The second kappa shape index (κ2) is 7.84. The number of carboxylic acid groups (broad SMARTS) is 1. The molecule has 6 N–H and O–H groups in total. The van der Waals surface area contributed by atoms with E-state index in [-0.39, 0.29) is 23.8 Å². The molecule has 2 unspecified atom stereocenters. The van der Waals surface area contributed by atoms with Crippen molar-refractivity contribution < 1.29 is 39.5 Å². The summed E-state index contributed by atoms with van der Waals surface area (Å²) in [5, 5.41) is 49.7. The molecule has 2 aliphatic heterocycles.